The lowest BCUT2D eigenvalue weighted by molar-refractivity contribution is 0.116. The van der Waals surface area contributed by atoms with Gasteiger partial charge in [0.05, 0.1) is 0 Å². The van der Waals surface area contributed by atoms with E-state index in [2.05, 4.69) is 77.6 Å². The van der Waals surface area contributed by atoms with Crippen molar-refractivity contribution in [3.63, 3.8) is 0 Å². The summed E-state index contributed by atoms with van der Waals surface area (Å²) in [5, 5.41) is 1.17. The van der Waals surface area contributed by atoms with E-state index in [1.807, 2.05) is 18.2 Å². The number of benzene rings is 2. The van der Waals surface area contributed by atoms with Gasteiger partial charge in [-0.1, -0.05) is 68.1 Å². The molecule has 0 fully saturated rings. The number of hydrogen-bond donors (Lipinski definition) is 0. The topological polar surface area (TPSA) is 18.5 Å². The van der Waals surface area contributed by atoms with Crippen molar-refractivity contribution in [1.82, 2.24) is 0 Å². The molecule has 2 rings (SSSR count). The second-order valence-corrected chi connectivity index (χ2v) is 10.1. The van der Waals surface area contributed by atoms with E-state index in [1.165, 1.54) is 5.19 Å². The van der Waals surface area contributed by atoms with E-state index in [1.54, 1.807) is 0 Å². The van der Waals surface area contributed by atoms with Crippen LogP contribution >= 0.6 is 0 Å². The van der Waals surface area contributed by atoms with Crippen LogP contribution in [0.25, 0.3) is 5.57 Å². The summed E-state index contributed by atoms with van der Waals surface area (Å²) in [6.45, 7) is 14.8. The largest absolute Gasteiger partial charge is 0.388 e. The van der Waals surface area contributed by atoms with Gasteiger partial charge in [0.25, 0.3) is 0 Å². The lowest BCUT2D eigenvalue weighted by atomic mass is 10.00. The van der Waals surface area contributed by atoms with Gasteiger partial charge in [0.15, 0.2) is 0 Å². The van der Waals surface area contributed by atoms with Gasteiger partial charge in [0, 0.05) is 12.2 Å². The fourth-order valence-corrected chi connectivity index (χ4v) is 6.36. The van der Waals surface area contributed by atoms with Gasteiger partial charge < -0.3 is 8.85 Å². The first-order valence-electron chi connectivity index (χ1n) is 9.09. The lowest BCUT2D eigenvalue weighted by Gasteiger charge is -2.34. The highest BCUT2D eigenvalue weighted by Crippen LogP contribution is 2.24. The highest BCUT2D eigenvalue weighted by Gasteiger charge is 2.40. The second kappa shape index (κ2) is 8.61. The molecule has 0 saturated heterocycles. The maximum atomic E-state index is 6.41. The van der Waals surface area contributed by atoms with Crippen LogP contribution in [0.4, 0.5) is 0 Å². The van der Waals surface area contributed by atoms with Gasteiger partial charge in [-0.25, -0.2) is 0 Å². The maximum Gasteiger partial charge on any atom is 0.372 e. The summed E-state index contributed by atoms with van der Waals surface area (Å²) in [7, 11) is -2.49. The molecule has 0 unspecified atom stereocenters. The molecule has 0 amide bonds. The molecule has 25 heavy (non-hydrogen) atoms. The number of hydrogen-bond acceptors (Lipinski definition) is 2. The zero-order chi connectivity index (χ0) is 18.4. The predicted octanol–water partition coefficient (Wildman–Crippen LogP) is 5.27. The molecule has 0 aliphatic carbocycles. The van der Waals surface area contributed by atoms with Gasteiger partial charge in [-0.2, -0.15) is 0 Å². The fraction of sp³-hybridized carbons (Fsp3) is 0.364. The van der Waals surface area contributed by atoms with Crippen molar-refractivity contribution in [2.24, 2.45) is 0 Å². The Morgan fingerprint density at radius 3 is 1.96 bits per heavy atom. The summed E-state index contributed by atoms with van der Waals surface area (Å²) in [4.78, 5) is 0. The summed E-state index contributed by atoms with van der Waals surface area (Å²) >= 11 is 0. The molecule has 134 valence electrons. The highest BCUT2D eigenvalue weighted by atomic mass is 28.4. The Kier molecular flexibility index (Phi) is 6.76. The number of rotatable bonds is 8. The third-order valence-corrected chi connectivity index (χ3v) is 7.92. The molecule has 0 aliphatic rings. The van der Waals surface area contributed by atoms with Gasteiger partial charge in [-0.3, -0.25) is 0 Å². The van der Waals surface area contributed by atoms with Gasteiger partial charge in [0.1, 0.15) is 0 Å². The third-order valence-electron chi connectivity index (χ3n) is 4.09. The SMILES string of the molecule is C=C(c1ccccc1)c1cccc([Si](CC)(OC(C)C)OC(C)C)c1. The van der Waals surface area contributed by atoms with Gasteiger partial charge in [-0.15, -0.1) is 0 Å². The normalized spacial score (nSPS) is 12.0. The summed E-state index contributed by atoms with van der Waals surface area (Å²) in [5.74, 6) is 0. The standard InChI is InChI=1S/C22H30O2Si/c1-7-25(23-17(2)3,24-18(4)5)22-15-11-14-21(16-22)19(6)20-12-9-8-10-13-20/h8-18H,6-7H2,1-5H3. The van der Waals surface area contributed by atoms with Crippen molar-refractivity contribution in [2.75, 3.05) is 0 Å². The first-order valence-corrected chi connectivity index (χ1v) is 11.1. The van der Waals surface area contributed by atoms with E-state index in [0.29, 0.717) is 0 Å². The molecule has 0 bridgehead atoms. The minimum absolute atomic E-state index is 0.131. The molecular weight excluding hydrogens is 324 g/mol. The summed E-state index contributed by atoms with van der Waals surface area (Å²) < 4.78 is 12.8. The highest BCUT2D eigenvalue weighted by molar-refractivity contribution is 6.81. The van der Waals surface area contributed by atoms with E-state index >= 15 is 0 Å². The van der Waals surface area contributed by atoms with E-state index < -0.39 is 8.56 Å². The van der Waals surface area contributed by atoms with Crippen molar-refractivity contribution >= 4 is 19.3 Å². The van der Waals surface area contributed by atoms with Crippen LogP contribution < -0.4 is 5.19 Å². The third kappa shape index (κ3) is 4.91. The Hall–Kier alpha value is -1.68. The Morgan fingerprint density at radius 2 is 1.44 bits per heavy atom. The quantitative estimate of drug-likeness (QED) is 0.601. The molecule has 2 aromatic rings. The molecule has 2 nitrogen and oxygen atoms in total. The van der Waals surface area contributed by atoms with Crippen molar-refractivity contribution in [2.45, 2.75) is 52.9 Å². The Balaban J connectivity index is 2.44. The van der Waals surface area contributed by atoms with Crippen molar-refractivity contribution in [1.29, 1.82) is 0 Å². The molecule has 3 heteroatoms. The molecule has 0 saturated carbocycles. The summed E-state index contributed by atoms with van der Waals surface area (Å²) in [6, 6.07) is 19.7. The molecular formula is C22H30O2Si. The van der Waals surface area contributed by atoms with Gasteiger partial charge >= 0.3 is 8.56 Å². The van der Waals surface area contributed by atoms with Crippen LogP contribution in [-0.4, -0.2) is 20.8 Å². The zero-order valence-corrected chi connectivity index (χ0v) is 17.1. The first-order chi connectivity index (χ1) is 11.9. The summed E-state index contributed by atoms with van der Waals surface area (Å²) in [5.41, 5.74) is 3.28. The van der Waals surface area contributed by atoms with E-state index in [0.717, 1.165) is 22.7 Å². The minimum atomic E-state index is -2.49. The molecule has 0 aromatic heterocycles. The van der Waals surface area contributed by atoms with E-state index in [-0.39, 0.29) is 12.2 Å². The van der Waals surface area contributed by atoms with Gasteiger partial charge in [-0.05, 0) is 55.6 Å². The predicted molar refractivity (Wildman–Crippen MR) is 109 cm³/mol. The average molecular weight is 355 g/mol. The monoisotopic (exact) mass is 354 g/mol. The van der Waals surface area contributed by atoms with Crippen LogP contribution in [-0.2, 0) is 8.85 Å². The Morgan fingerprint density at radius 1 is 0.880 bits per heavy atom. The van der Waals surface area contributed by atoms with Crippen LogP contribution in [0.2, 0.25) is 6.04 Å². The van der Waals surface area contributed by atoms with Crippen molar-refractivity contribution in [3.8, 4) is 0 Å². The maximum absolute atomic E-state index is 6.41. The second-order valence-electron chi connectivity index (χ2n) is 6.87. The van der Waals surface area contributed by atoms with Crippen LogP contribution in [0.3, 0.4) is 0 Å². The van der Waals surface area contributed by atoms with E-state index in [4.69, 9.17) is 8.85 Å². The molecule has 0 N–H and O–H groups in total. The Labute approximate surface area is 153 Å². The van der Waals surface area contributed by atoms with Crippen LogP contribution in [0.15, 0.2) is 61.2 Å². The van der Waals surface area contributed by atoms with Crippen molar-refractivity contribution in [3.05, 3.63) is 72.3 Å². The fourth-order valence-electron chi connectivity index (χ4n) is 3.05. The molecule has 0 heterocycles. The molecule has 0 atom stereocenters. The smallest absolute Gasteiger partial charge is 0.372 e. The van der Waals surface area contributed by atoms with Crippen molar-refractivity contribution < 1.29 is 8.85 Å². The zero-order valence-electron chi connectivity index (χ0n) is 16.1. The summed E-state index contributed by atoms with van der Waals surface area (Å²) in [6.07, 6.45) is 0.262. The van der Waals surface area contributed by atoms with Crippen LogP contribution in [0.5, 0.6) is 0 Å². The van der Waals surface area contributed by atoms with Gasteiger partial charge in [0.2, 0.25) is 0 Å². The molecule has 0 aliphatic heterocycles. The first kappa shape index (κ1) is 19.6. The minimum Gasteiger partial charge on any atom is -0.388 e. The van der Waals surface area contributed by atoms with Crippen LogP contribution in [0, 0.1) is 0 Å². The lowest BCUT2D eigenvalue weighted by Crippen LogP contribution is -2.56. The van der Waals surface area contributed by atoms with Crippen LogP contribution in [0.1, 0.15) is 45.7 Å². The molecule has 0 radical (unpaired) electrons. The molecule has 0 spiro atoms. The average Bonchev–Trinajstić information content (AvgIpc) is 2.60. The molecule has 2 aromatic carbocycles. The van der Waals surface area contributed by atoms with E-state index in [9.17, 15) is 0 Å². The Bertz CT molecular complexity index is 682.